The molecule has 0 aliphatic heterocycles. The number of alkyl halides is 1. The monoisotopic (exact) mass is 310 g/mol. The Balaban J connectivity index is 2.80. The van der Waals surface area contributed by atoms with E-state index in [4.69, 9.17) is 23.2 Å². The zero-order valence-corrected chi connectivity index (χ0v) is 11.1. The van der Waals surface area contributed by atoms with Gasteiger partial charge in [-0.1, -0.05) is 39.1 Å². The Bertz CT molecular complexity index is 368. The highest BCUT2D eigenvalue weighted by Crippen LogP contribution is 2.23. The second-order valence-corrected chi connectivity index (χ2v) is 4.88. The van der Waals surface area contributed by atoms with E-state index >= 15 is 0 Å². The van der Waals surface area contributed by atoms with E-state index in [0.29, 0.717) is 16.5 Å². The summed E-state index contributed by atoms with van der Waals surface area (Å²) in [6, 6.07) is 5.14. The van der Waals surface area contributed by atoms with Crippen molar-refractivity contribution < 1.29 is 9.53 Å². The molecule has 0 heterocycles. The van der Waals surface area contributed by atoms with Crippen LogP contribution in [0.5, 0.6) is 0 Å². The first kappa shape index (κ1) is 12.8. The Morgan fingerprint density at radius 3 is 2.80 bits per heavy atom. The minimum absolute atomic E-state index is 0.328. The van der Waals surface area contributed by atoms with E-state index in [1.54, 1.807) is 18.2 Å². The smallest absolute Gasteiger partial charge is 0.319 e. The molecule has 0 spiro atoms. The van der Waals surface area contributed by atoms with Crippen molar-refractivity contribution in [3.8, 4) is 0 Å². The minimum Gasteiger partial charge on any atom is -0.468 e. The van der Waals surface area contributed by atoms with Gasteiger partial charge in [-0.3, -0.25) is 4.79 Å². The first-order valence-electron chi connectivity index (χ1n) is 4.20. The van der Waals surface area contributed by atoms with Gasteiger partial charge in [-0.05, 0) is 30.2 Å². The van der Waals surface area contributed by atoms with Crippen molar-refractivity contribution in [2.45, 2.75) is 11.2 Å². The second-order valence-electron chi connectivity index (χ2n) is 2.93. The molecule has 0 fully saturated rings. The van der Waals surface area contributed by atoms with E-state index < -0.39 is 4.83 Å². The number of carbonyl (C=O) groups excluding carboxylic acids is 1. The Morgan fingerprint density at radius 2 is 2.20 bits per heavy atom. The van der Waals surface area contributed by atoms with Gasteiger partial charge in [0.1, 0.15) is 4.83 Å². The number of benzene rings is 1. The van der Waals surface area contributed by atoms with Crippen molar-refractivity contribution in [3.63, 3.8) is 0 Å². The molecule has 2 nitrogen and oxygen atoms in total. The van der Waals surface area contributed by atoms with Crippen LogP contribution in [0.15, 0.2) is 18.2 Å². The van der Waals surface area contributed by atoms with Crippen LogP contribution in [-0.4, -0.2) is 17.9 Å². The molecule has 0 aliphatic rings. The number of hydrogen-bond acceptors (Lipinski definition) is 2. The van der Waals surface area contributed by atoms with Crippen LogP contribution in [0.25, 0.3) is 0 Å². The van der Waals surface area contributed by atoms with Crippen LogP contribution >= 0.6 is 39.1 Å². The Morgan fingerprint density at radius 1 is 1.53 bits per heavy atom. The Kier molecular flexibility index (Phi) is 4.90. The van der Waals surface area contributed by atoms with Crippen LogP contribution in [0.4, 0.5) is 0 Å². The van der Waals surface area contributed by atoms with E-state index in [-0.39, 0.29) is 5.97 Å². The molecule has 0 aliphatic carbocycles. The van der Waals surface area contributed by atoms with Crippen molar-refractivity contribution in [3.05, 3.63) is 33.8 Å². The molecular weight excluding hydrogens is 303 g/mol. The molecule has 1 aromatic rings. The molecule has 1 rings (SSSR count). The number of ether oxygens (including phenoxy) is 1. The van der Waals surface area contributed by atoms with Gasteiger partial charge in [0.25, 0.3) is 0 Å². The van der Waals surface area contributed by atoms with E-state index in [1.165, 1.54) is 7.11 Å². The largest absolute Gasteiger partial charge is 0.468 e. The first-order chi connectivity index (χ1) is 7.04. The summed E-state index contributed by atoms with van der Waals surface area (Å²) in [5.41, 5.74) is 0.816. The molecule has 1 unspecified atom stereocenters. The predicted molar refractivity (Wildman–Crippen MR) is 64.9 cm³/mol. The van der Waals surface area contributed by atoms with Crippen LogP contribution < -0.4 is 0 Å². The molecule has 0 saturated heterocycles. The van der Waals surface area contributed by atoms with Gasteiger partial charge in [-0.25, -0.2) is 0 Å². The van der Waals surface area contributed by atoms with Crippen molar-refractivity contribution in [1.29, 1.82) is 0 Å². The molecule has 0 N–H and O–H groups in total. The van der Waals surface area contributed by atoms with Crippen molar-refractivity contribution in [2.75, 3.05) is 7.11 Å². The lowest BCUT2D eigenvalue weighted by atomic mass is 10.1. The van der Waals surface area contributed by atoms with Gasteiger partial charge in [0.05, 0.1) is 7.11 Å². The first-order valence-corrected chi connectivity index (χ1v) is 5.87. The molecule has 1 atom stereocenters. The zero-order valence-electron chi connectivity index (χ0n) is 7.97. The maximum absolute atomic E-state index is 11.2. The van der Waals surface area contributed by atoms with Crippen molar-refractivity contribution in [2.24, 2.45) is 0 Å². The summed E-state index contributed by atoms with van der Waals surface area (Å²) >= 11 is 15.0. The molecule has 0 amide bonds. The Hall–Kier alpha value is -0.250. The number of methoxy groups -OCH3 is 1. The van der Waals surface area contributed by atoms with Gasteiger partial charge in [0.2, 0.25) is 0 Å². The standard InChI is InChI=1S/C10H9BrCl2O2/c1-15-10(14)8(11)5-6-4-7(12)2-3-9(6)13/h2-4,8H,5H2,1H3. The molecule has 15 heavy (non-hydrogen) atoms. The molecular formula is C10H9BrCl2O2. The molecule has 0 bridgehead atoms. The fraction of sp³-hybridized carbons (Fsp3) is 0.300. The summed E-state index contributed by atoms with van der Waals surface area (Å²) in [7, 11) is 1.34. The highest BCUT2D eigenvalue weighted by Gasteiger charge is 2.17. The summed E-state index contributed by atoms with van der Waals surface area (Å²) in [4.78, 5) is 10.8. The lowest BCUT2D eigenvalue weighted by Gasteiger charge is -2.09. The SMILES string of the molecule is COC(=O)C(Br)Cc1cc(Cl)ccc1Cl. The lowest BCUT2D eigenvalue weighted by molar-refractivity contribution is -0.139. The summed E-state index contributed by atoms with van der Waals surface area (Å²) < 4.78 is 4.59. The van der Waals surface area contributed by atoms with Gasteiger partial charge in [-0.2, -0.15) is 0 Å². The van der Waals surface area contributed by atoms with Gasteiger partial charge in [0, 0.05) is 10.0 Å². The fourth-order valence-corrected chi connectivity index (χ4v) is 2.03. The van der Waals surface area contributed by atoms with Gasteiger partial charge < -0.3 is 4.74 Å². The van der Waals surface area contributed by atoms with Crippen molar-refractivity contribution >= 4 is 45.1 Å². The van der Waals surface area contributed by atoms with E-state index in [0.717, 1.165) is 5.56 Å². The number of esters is 1. The normalized spacial score (nSPS) is 12.3. The predicted octanol–water partition coefficient (Wildman–Crippen LogP) is 3.47. The highest BCUT2D eigenvalue weighted by atomic mass is 79.9. The van der Waals surface area contributed by atoms with Gasteiger partial charge in [-0.15, -0.1) is 0 Å². The number of carbonyl (C=O) groups is 1. The average molecular weight is 312 g/mol. The van der Waals surface area contributed by atoms with Gasteiger partial charge >= 0.3 is 5.97 Å². The third-order valence-corrected chi connectivity index (χ3v) is 3.17. The second kappa shape index (κ2) is 5.73. The van der Waals surface area contributed by atoms with Crippen LogP contribution in [0, 0.1) is 0 Å². The molecule has 1 aromatic carbocycles. The summed E-state index contributed by atoms with van der Waals surface area (Å²) in [5.74, 6) is -0.328. The number of rotatable bonds is 3. The average Bonchev–Trinajstić information content (AvgIpc) is 2.22. The third kappa shape index (κ3) is 3.67. The molecule has 0 aromatic heterocycles. The van der Waals surface area contributed by atoms with Crippen LogP contribution in [0.2, 0.25) is 10.0 Å². The third-order valence-electron chi connectivity index (χ3n) is 1.86. The van der Waals surface area contributed by atoms with E-state index in [9.17, 15) is 4.79 Å². The highest BCUT2D eigenvalue weighted by molar-refractivity contribution is 9.10. The molecule has 5 heteroatoms. The maximum Gasteiger partial charge on any atom is 0.319 e. The Labute approximate surface area is 107 Å². The van der Waals surface area contributed by atoms with Gasteiger partial charge in [0.15, 0.2) is 0 Å². The zero-order chi connectivity index (χ0) is 11.4. The van der Waals surface area contributed by atoms with Crippen LogP contribution in [0.1, 0.15) is 5.56 Å². The fourth-order valence-electron chi connectivity index (χ4n) is 1.10. The van der Waals surface area contributed by atoms with E-state index in [1.807, 2.05) is 0 Å². The van der Waals surface area contributed by atoms with Crippen LogP contribution in [0.3, 0.4) is 0 Å². The topological polar surface area (TPSA) is 26.3 Å². The minimum atomic E-state index is -0.404. The molecule has 0 radical (unpaired) electrons. The molecule has 0 saturated carbocycles. The van der Waals surface area contributed by atoms with Crippen LogP contribution in [-0.2, 0) is 16.0 Å². The van der Waals surface area contributed by atoms with Crippen molar-refractivity contribution in [1.82, 2.24) is 0 Å². The quantitative estimate of drug-likeness (QED) is 0.631. The summed E-state index contributed by atoms with van der Waals surface area (Å²) in [6.07, 6.45) is 0.450. The van der Waals surface area contributed by atoms with E-state index in [2.05, 4.69) is 20.7 Å². The summed E-state index contributed by atoms with van der Waals surface area (Å²) in [5, 5.41) is 1.19. The summed E-state index contributed by atoms with van der Waals surface area (Å²) in [6.45, 7) is 0. The molecule has 82 valence electrons. The maximum atomic E-state index is 11.2. The number of halogens is 3. The number of hydrogen-bond donors (Lipinski definition) is 0. The lowest BCUT2D eigenvalue weighted by Crippen LogP contribution is -2.18.